The summed E-state index contributed by atoms with van der Waals surface area (Å²) in [6, 6.07) is 5.69. The highest BCUT2D eigenvalue weighted by atomic mass is 19.1. The Morgan fingerprint density at radius 3 is 2.66 bits per heavy atom. The van der Waals surface area contributed by atoms with E-state index in [1.807, 2.05) is 0 Å². The molecule has 1 aliphatic heterocycles. The van der Waals surface area contributed by atoms with Crippen molar-refractivity contribution in [2.24, 2.45) is 11.1 Å². The number of hydrogen-bond acceptors (Lipinski definition) is 5. The fourth-order valence-electron chi connectivity index (χ4n) is 3.79. The van der Waals surface area contributed by atoms with Crippen molar-refractivity contribution < 1.29 is 18.7 Å². The summed E-state index contributed by atoms with van der Waals surface area (Å²) in [7, 11) is 0. The molecule has 1 fully saturated rings. The first-order valence-corrected chi connectivity index (χ1v) is 9.54. The Morgan fingerprint density at radius 1 is 1.28 bits per heavy atom. The third kappa shape index (κ3) is 5.07. The van der Waals surface area contributed by atoms with Crippen LogP contribution in [0.2, 0.25) is 0 Å². The monoisotopic (exact) mass is 400 g/mol. The Bertz CT molecular complexity index is 903. The maximum atomic E-state index is 13.1. The second-order valence-electron chi connectivity index (χ2n) is 7.63. The highest BCUT2D eigenvalue weighted by Gasteiger charge is 2.40. The van der Waals surface area contributed by atoms with Gasteiger partial charge in [-0.05, 0) is 51.0 Å². The van der Waals surface area contributed by atoms with Gasteiger partial charge >= 0.3 is 0 Å². The highest BCUT2D eigenvalue weighted by Crippen LogP contribution is 2.35. The van der Waals surface area contributed by atoms with Crippen LogP contribution in [0.15, 0.2) is 30.5 Å². The van der Waals surface area contributed by atoms with E-state index < -0.39 is 11.3 Å². The minimum absolute atomic E-state index is 0.0986. The Kier molecular flexibility index (Phi) is 6.10. The number of primary amides is 1. The summed E-state index contributed by atoms with van der Waals surface area (Å²) < 4.78 is 19.0. The summed E-state index contributed by atoms with van der Waals surface area (Å²) in [6.07, 6.45) is 3.06. The van der Waals surface area contributed by atoms with Gasteiger partial charge in [0.15, 0.2) is 0 Å². The normalized spacial score (nSPS) is 19.1. The average molecular weight is 400 g/mol. The van der Waals surface area contributed by atoms with Gasteiger partial charge in [-0.3, -0.25) is 9.59 Å². The SMILES string of the molecule is Cc1ncc(C(=O)N2CCC[C@](COc3ccc(F)cc3)(CC(N)=O)C2)c(C)n1. The number of carbonyl (C=O) groups excluding carboxylic acids is 2. The predicted octanol–water partition coefficient (Wildman–Crippen LogP) is 2.41. The quantitative estimate of drug-likeness (QED) is 0.803. The summed E-state index contributed by atoms with van der Waals surface area (Å²) in [6.45, 7) is 4.66. The molecule has 2 heterocycles. The Hall–Kier alpha value is -3.03. The molecule has 0 radical (unpaired) electrons. The molecule has 1 aromatic heterocycles. The lowest BCUT2D eigenvalue weighted by Crippen LogP contribution is -2.50. The first kappa shape index (κ1) is 20.7. The molecule has 1 atom stereocenters. The average Bonchev–Trinajstić information content (AvgIpc) is 2.67. The molecule has 3 rings (SSSR count). The lowest BCUT2D eigenvalue weighted by molar-refractivity contribution is -0.122. The van der Waals surface area contributed by atoms with E-state index in [4.69, 9.17) is 10.5 Å². The predicted molar refractivity (Wildman–Crippen MR) is 105 cm³/mol. The van der Waals surface area contributed by atoms with Crippen molar-refractivity contribution in [3.8, 4) is 5.75 Å². The van der Waals surface area contributed by atoms with Crippen LogP contribution in [0, 0.1) is 25.1 Å². The van der Waals surface area contributed by atoms with E-state index in [0.717, 1.165) is 6.42 Å². The van der Waals surface area contributed by atoms with Crippen molar-refractivity contribution in [2.75, 3.05) is 19.7 Å². The minimum Gasteiger partial charge on any atom is -0.493 e. The largest absolute Gasteiger partial charge is 0.493 e. The van der Waals surface area contributed by atoms with Crippen LogP contribution in [0.25, 0.3) is 0 Å². The molecule has 2 aromatic rings. The lowest BCUT2D eigenvalue weighted by atomic mass is 9.77. The number of ether oxygens (including phenoxy) is 1. The molecule has 7 nitrogen and oxygen atoms in total. The summed E-state index contributed by atoms with van der Waals surface area (Å²) in [5.74, 6) is 0.138. The van der Waals surface area contributed by atoms with Gasteiger partial charge in [-0.1, -0.05) is 0 Å². The summed E-state index contributed by atoms with van der Waals surface area (Å²) in [5.41, 5.74) is 5.97. The van der Waals surface area contributed by atoms with Crippen molar-refractivity contribution >= 4 is 11.8 Å². The molecular formula is C21H25FN4O3. The summed E-state index contributed by atoms with van der Waals surface area (Å²) in [5, 5.41) is 0. The topological polar surface area (TPSA) is 98.4 Å². The molecule has 1 aliphatic rings. The van der Waals surface area contributed by atoms with Crippen molar-refractivity contribution in [1.29, 1.82) is 0 Å². The first-order chi connectivity index (χ1) is 13.8. The van der Waals surface area contributed by atoms with Gasteiger partial charge in [-0.15, -0.1) is 0 Å². The van der Waals surface area contributed by atoms with E-state index in [-0.39, 0.29) is 24.8 Å². The van der Waals surface area contributed by atoms with Crippen molar-refractivity contribution in [2.45, 2.75) is 33.1 Å². The van der Waals surface area contributed by atoms with Gasteiger partial charge in [0, 0.05) is 31.1 Å². The van der Waals surface area contributed by atoms with Crippen LogP contribution in [-0.2, 0) is 4.79 Å². The number of likely N-dealkylation sites (tertiary alicyclic amines) is 1. The van der Waals surface area contributed by atoms with Crippen LogP contribution in [0.5, 0.6) is 5.75 Å². The molecule has 0 aliphatic carbocycles. The van der Waals surface area contributed by atoms with Gasteiger partial charge in [0.05, 0.1) is 17.9 Å². The summed E-state index contributed by atoms with van der Waals surface area (Å²) in [4.78, 5) is 34.9. The van der Waals surface area contributed by atoms with Crippen LogP contribution in [-0.4, -0.2) is 46.4 Å². The van der Waals surface area contributed by atoms with E-state index in [0.29, 0.717) is 42.3 Å². The fraction of sp³-hybridized carbons (Fsp3) is 0.429. The first-order valence-electron chi connectivity index (χ1n) is 9.54. The zero-order valence-electron chi connectivity index (χ0n) is 16.7. The van der Waals surface area contributed by atoms with Crippen LogP contribution >= 0.6 is 0 Å². The molecule has 0 spiro atoms. The maximum Gasteiger partial charge on any atom is 0.257 e. The molecule has 8 heteroatoms. The maximum absolute atomic E-state index is 13.1. The van der Waals surface area contributed by atoms with Gasteiger partial charge in [-0.2, -0.15) is 0 Å². The number of piperidine rings is 1. The molecule has 2 N–H and O–H groups in total. The van der Waals surface area contributed by atoms with Gasteiger partial charge < -0.3 is 15.4 Å². The summed E-state index contributed by atoms with van der Waals surface area (Å²) >= 11 is 0. The van der Waals surface area contributed by atoms with E-state index in [9.17, 15) is 14.0 Å². The molecule has 154 valence electrons. The third-order valence-electron chi connectivity index (χ3n) is 5.19. The van der Waals surface area contributed by atoms with Crippen molar-refractivity contribution in [1.82, 2.24) is 14.9 Å². The molecule has 1 saturated heterocycles. The van der Waals surface area contributed by atoms with Gasteiger partial charge in [0.1, 0.15) is 17.4 Å². The van der Waals surface area contributed by atoms with E-state index in [2.05, 4.69) is 9.97 Å². The van der Waals surface area contributed by atoms with E-state index >= 15 is 0 Å². The fourth-order valence-corrected chi connectivity index (χ4v) is 3.79. The van der Waals surface area contributed by atoms with E-state index in [1.54, 1.807) is 24.9 Å². The number of halogens is 1. The van der Waals surface area contributed by atoms with Gasteiger partial charge in [0.25, 0.3) is 5.91 Å². The van der Waals surface area contributed by atoms with Gasteiger partial charge in [0.2, 0.25) is 5.91 Å². The van der Waals surface area contributed by atoms with Crippen molar-refractivity contribution in [3.63, 3.8) is 0 Å². The zero-order valence-corrected chi connectivity index (χ0v) is 16.7. The molecular weight excluding hydrogens is 375 g/mol. The third-order valence-corrected chi connectivity index (χ3v) is 5.19. The van der Waals surface area contributed by atoms with Gasteiger partial charge in [-0.25, -0.2) is 14.4 Å². The molecule has 1 aromatic carbocycles. The second kappa shape index (κ2) is 8.55. The molecule has 0 bridgehead atoms. The standard InChI is InChI=1S/C21H25FN4O3/c1-14-18(11-24-15(2)25-14)20(28)26-9-3-8-21(12-26,10-19(23)27)13-29-17-6-4-16(22)5-7-17/h4-7,11H,3,8-10,12-13H2,1-2H3,(H2,23,27)/t21-/m0/s1. The highest BCUT2D eigenvalue weighted by molar-refractivity contribution is 5.95. The number of nitrogens with zero attached hydrogens (tertiary/aromatic N) is 3. The minimum atomic E-state index is -0.604. The number of aryl methyl sites for hydroxylation is 2. The Balaban J connectivity index is 1.78. The number of nitrogens with two attached hydrogens (primary N) is 1. The van der Waals surface area contributed by atoms with Crippen LogP contribution in [0.4, 0.5) is 4.39 Å². The number of rotatable bonds is 6. The number of hydrogen-bond donors (Lipinski definition) is 1. The smallest absolute Gasteiger partial charge is 0.257 e. The van der Waals surface area contributed by atoms with Crippen LogP contribution < -0.4 is 10.5 Å². The molecule has 29 heavy (non-hydrogen) atoms. The van der Waals surface area contributed by atoms with Crippen LogP contribution in [0.3, 0.4) is 0 Å². The number of amides is 2. The van der Waals surface area contributed by atoms with Crippen LogP contribution in [0.1, 0.15) is 41.1 Å². The zero-order chi connectivity index (χ0) is 21.0. The molecule has 0 unspecified atom stereocenters. The molecule has 2 amide bonds. The Morgan fingerprint density at radius 2 is 2.00 bits per heavy atom. The molecule has 0 saturated carbocycles. The number of aromatic nitrogens is 2. The lowest BCUT2D eigenvalue weighted by Gasteiger charge is -2.42. The second-order valence-corrected chi connectivity index (χ2v) is 7.63. The number of benzene rings is 1. The number of carbonyl (C=O) groups is 2. The Labute approximate surface area is 169 Å². The van der Waals surface area contributed by atoms with Crippen molar-refractivity contribution in [3.05, 3.63) is 53.4 Å². The van der Waals surface area contributed by atoms with E-state index in [1.165, 1.54) is 24.3 Å².